The number of hydrogen-bond donors (Lipinski definition) is 0. The van der Waals surface area contributed by atoms with Crippen molar-refractivity contribution in [1.29, 1.82) is 0 Å². The molecule has 0 amide bonds. The molecule has 0 aliphatic rings. The zero-order valence-electron chi connectivity index (χ0n) is 14.4. The van der Waals surface area contributed by atoms with E-state index in [2.05, 4.69) is 9.99 Å². The highest BCUT2D eigenvalue weighted by atomic mass is 32.2. The van der Waals surface area contributed by atoms with Gasteiger partial charge in [-0.3, -0.25) is 4.21 Å². The fraction of sp³-hybridized carbons (Fsp3) is 0.471. The molecule has 0 N–H and O–H groups in total. The number of allylic oxidation sites excluding steroid dienone is 1. The summed E-state index contributed by atoms with van der Waals surface area (Å²) in [7, 11) is 0.314. The second kappa shape index (κ2) is 10.0. The molecule has 1 aromatic carbocycles. The molecule has 5 nitrogen and oxygen atoms in total. The maximum absolute atomic E-state index is 12.0. The molecule has 1 aromatic rings. The lowest BCUT2D eigenvalue weighted by Crippen LogP contribution is -2.15. The SMILES string of the molecule is C/C=C/COc1cc(C)c(OCS(=O)C/C(C)=N/OC)c(C)c1. The van der Waals surface area contributed by atoms with Crippen molar-refractivity contribution >= 4 is 16.5 Å². The number of oxime groups is 1. The largest absolute Gasteiger partial charge is 0.490 e. The third kappa shape index (κ3) is 6.86. The van der Waals surface area contributed by atoms with Crippen LogP contribution in [0.25, 0.3) is 0 Å². The summed E-state index contributed by atoms with van der Waals surface area (Å²) in [5, 5.41) is 3.75. The predicted molar refractivity (Wildman–Crippen MR) is 94.8 cm³/mol. The summed E-state index contributed by atoms with van der Waals surface area (Å²) in [4.78, 5) is 4.65. The standard InChI is InChI=1S/C17H25NO4S/c1-6-7-8-21-16-9-13(2)17(14(3)10-16)22-12-23(19)11-15(4)18-20-5/h6-7,9-10H,8,11-12H2,1-5H3/b7-6+,18-15+. The van der Waals surface area contributed by atoms with Gasteiger partial charge in [-0.15, -0.1) is 0 Å². The van der Waals surface area contributed by atoms with Gasteiger partial charge in [0, 0.05) is 0 Å². The summed E-state index contributed by atoms with van der Waals surface area (Å²) in [6.45, 7) is 8.17. The van der Waals surface area contributed by atoms with Gasteiger partial charge in [-0.1, -0.05) is 17.3 Å². The second-order valence-electron chi connectivity index (χ2n) is 5.12. The number of ether oxygens (including phenoxy) is 2. The van der Waals surface area contributed by atoms with Crippen molar-refractivity contribution in [2.24, 2.45) is 5.16 Å². The van der Waals surface area contributed by atoms with Crippen LogP contribution in [0.4, 0.5) is 0 Å². The first-order valence-corrected chi connectivity index (χ1v) is 8.86. The van der Waals surface area contributed by atoms with E-state index in [1.54, 1.807) is 6.92 Å². The molecule has 0 heterocycles. The van der Waals surface area contributed by atoms with E-state index in [0.29, 0.717) is 18.1 Å². The molecule has 6 heteroatoms. The average Bonchev–Trinajstić information content (AvgIpc) is 2.46. The van der Waals surface area contributed by atoms with E-state index in [4.69, 9.17) is 9.47 Å². The van der Waals surface area contributed by atoms with Crippen LogP contribution in [0, 0.1) is 13.8 Å². The molecule has 0 aliphatic heterocycles. The lowest BCUT2D eigenvalue weighted by Gasteiger charge is -2.14. The normalized spacial score (nSPS) is 13.2. The van der Waals surface area contributed by atoms with Crippen molar-refractivity contribution in [3.8, 4) is 11.5 Å². The highest BCUT2D eigenvalue weighted by Gasteiger charge is 2.10. The van der Waals surface area contributed by atoms with E-state index in [9.17, 15) is 4.21 Å². The molecule has 1 rings (SSSR count). The van der Waals surface area contributed by atoms with Gasteiger partial charge in [-0.2, -0.15) is 0 Å². The first-order chi connectivity index (χ1) is 11.0. The van der Waals surface area contributed by atoms with Gasteiger partial charge < -0.3 is 14.3 Å². The van der Waals surface area contributed by atoms with Gasteiger partial charge in [0.2, 0.25) is 0 Å². The molecular weight excluding hydrogens is 314 g/mol. The highest BCUT2D eigenvalue weighted by molar-refractivity contribution is 7.85. The Hall–Kier alpha value is -1.82. The van der Waals surface area contributed by atoms with Crippen LogP contribution < -0.4 is 9.47 Å². The van der Waals surface area contributed by atoms with Gasteiger partial charge in [-0.25, -0.2) is 0 Å². The van der Waals surface area contributed by atoms with Crippen LogP contribution in [0.5, 0.6) is 11.5 Å². The van der Waals surface area contributed by atoms with Gasteiger partial charge in [0.1, 0.15) is 25.2 Å². The number of nitrogens with zero attached hydrogens (tertiary/aromatic N) is 1. The molecule has 1 unspecified atom stereocenters. The molecule has 128 valence electrons. The Morgan fingerprint density at radius 2 is 1.91 bits per heavy atom. The average molecular weight is 339 g/mol. The molecule has 0 spiro atoms. The highest BCUT2D eigenvalue weighted by Crippen LogP contribution is 2.28. The maximum Gasteiger partial charge on any atom is 0.163 e. The Kier molecular flexibility index (Phi) is 8.40. The van der Waals surface area contributed by atoms with Gasteiger partial charge >= 0.3 is 0 Å². The minimum absolute atomic E-state index is 0.122. The van der Waals surface area contributed by atoms with Crippen molar-refractivity contribution in [2.45, 2.75) is 27.7 Å². The van der Waals surface area contributed by atoms with Crippen LogP contribution in [0.3, 0.4) is 0 Å². The lowest BCUT2D eigenvalue weighted by atomic mass is 10.1. The van der Waals surface area contributed by atoms with E-state index in [0.717, 1.165) is 22.6 Å². The summed E-state index contributed by atoms with van der Waals surface area (Å²) < 4.78 is 23.3. The Morgan fingerprint density at radius 1 is 1.26 bits per heavy atom. The summed E-state index contributed by atoms with van der Waals surface area (Å²) in [5.41, 5.74) is 2.59. The van der Waals surface area contributed by atoms with Gasteiger partial charge in [0.05, 0.1) is 22.3 Å². The Morgan fingerprint density at radius 3 is 2.48 bits per heavy atom. The summed E-state index contributed by atoms with van der Waals surface area (Å²) in [5.74, 6) is 2.00. The first kappa shape index (κ1) is 19.2. The third-order valence-electron chi connectivity index (χ3n) is 2.97. The zero-order chi connectivity index (χ0) is 17.2. The van der Waals surface area contributed by atoms with Crippen molar-refractivity contribution < 1.29 is 18.5 Å². The van der Waals surface area contributed by atoms with Crippen molar-refractivity contribution in [3.05, 3.63) is 35.4 Å². The molecule has 0 bridgehead atoms. The lowest BCUT2D eigenvalue weighted by molar-refractivity contribution is 0.213. The van der Waals surface area contributed by atoms with E-state index >= 15 is 0 Å². The van der Waals surface area contributed by atoms with E-state index in [-0.39, 0.29) is 5.94 Å². The zero-order valence-corrected chi connectivity index (χ0v) is 15.2. The van der Waals surface area contributed by atoms with Crippen molar-refractivity contribution in [3.63, 3.8) is 0 Å². The van der Waals surface area contributed by atoms with Crippen LogP contribution in [-0.4, -0.2) is 35.3 Å². The molecular formula is C17H25NO4S. The number of hydrogen-bond acceptors (Lipinski definition) is 5. The maximum atomic E-state index is 12.0. The van der Waals surface area contributed by atoms with E-state index in [1.165, 1.54) is 7.11 Å². The molecule has 0 fully saturated rings. The number of rotatable bonds is 9. The third-order valence-corrected chi connectivity index (χ3v) is 4.09. The monoisotopic (exact) mass is 339 g/mol. The molecule has 0 aromatic heterocycles. The summed E-state index contributed by atoms with van der Waals surface area (Å²) in [6, 6.07) is 3.85. The van der Waals surface area contributed by atoms with Crippen LogP contribution >= 0.6 is 0 Å². The minimum Gasteiger partial charge on any atom is -0.490 e. The van der Waals surface area contributed by atoms with E-state index in [1.807, 2.05) is 45.1 Å². The minimum atomic E-state index is -1.15. The summed E-state index contributed by atoms with van der Waals surface area (Å²) >= 11 is 0. The Bertz CT molecular complexity index is 573. The van der Waals surface area contributed by atoms with Gasteiger partial charge in [0.15, 0.2) is 5.94 Å². The number of benzene rings is 1. The fourth-order valence-electron chi connectivity index (χ4n) is 2.04. The first-order valence-electron chi connectivity index (χ1n) is 7.37. The van der Waals surface area contributed by atoms with Crippen LogP contribution in [-0.2, 0) is 15.6 Å². The van der Waals surface area contributed by atoms with Crippen molar-refractivity contribution in [1.82, 2.24) is 0 Å². The predicted octanol–water partition coefficient (Wildman–Crippen LogP) is 3.37. The number of aryl methyl sites for hydroxylation is 2. The van der Waals surface area contributed by atoms with Gasteiger partial charge in [-0.05, 0) is 51.0 Å². The van der Waals surface area contributed by atoms with Crippen LogP contribution in [0.15, 0.2) is 29.4 Å². The molecule has 1 atom stereocenters. The fourth-order valence-corrected chi connectivity index (χ4v) is 2.89. The van der Waals surface area contributed by atoms with Crippen molar-refractivity contribution in [2.75, 3.05) is 25.4 Å². The molecule has 0 aliphatic carbocycles. The van der Waals surface area contributed by atoms with Crippen LogP contribution in [0.1, 0.15) is 25.0 Å². The molecule has 0 radical (unpaired) electrons. The second-order valence-corrected chi connectivity index (χ2v) is 6.53. The van der Waals surface area contributed by atoms with Gasteiger partial charge in [0.25, 0.3) is 0 Å². The molecule has 0 saturated carbocycles. The smallest absolute Gasteiger partial charge is 0.163 e. The Balaban J connectivity index is 2.67. The Labute approximate surface area is 140 Å². The quantitative estimate of drug-likeness (QED) is 0.393. The molecule has 0 saturated heterocycles. The topological polar surface area (TPSA) is 57.1 Å². The molecule has 23 heavy (non-hydrogen) atoms. The van der Waals surface area contributed by atoms with E-state index < -0.39 is 10.8 Å². The van der Waals surface area contributed by atoms with Crippen LogP contribution in [0.2, 0.25) is 0 Å². The summed E-state index contributed by atoms with van der Waals surface area (Å²) in [6.07, 6.45) is 3.89.